The maximum Gasteiger partial charge on any atom is 0.226 e. The maximum atomic E-state index is 12.6. The van der Waals surface area contributed by atoms with Gasteiger partial charge < -0.3 is 14.4 Å². The zero-order valence-electron chi connectivity index (χ0n) is 15.4. The molecular weight excluding hydrogens is 316 g/mol. The number of methoxy groups -OCH3 is 1. The first-order valence-electron chi connectivity index (χ1n) is 9.46. The van der Waals surface area contributed by atoms with Crippen LogP contribution in [-0.4, -0.2) is 67.7 Å². The van der Waals surface area contributed by atoms with E-state index in [2.05, 4.69) is 4.90 Å². The molecular formula is C20H30N2O3. The van der Waals surface area contributed by atoms with Crippen molar-refractivity contribution in [2.24, 2.45) is 0 Å². The molecule has 138 valence electrons. The second kappa shape index (κ2) is 8.68. The molecule has 2 aliphatic rings. The molecule has 0 aromatic heterocycles. The average Bonchev–Trinajstić information content (AvgIpc) is 3.13. The summed E-state index contributed by atoms with van der Waals surface area (Å²) >= 11 is 0. The molecule has 0 bridgehead atoms. The Labute approximate surface area is 150 Å². The van der Waals surface area contributed by atoms with Crippen molar-refractivity contribution >= 4 is 5.91 Å². The molecule has 3 rings (SSSR count). The lowest BCUT2D eigenvalue weighted by Crippen LogP contribution is -2.46. The first-order valence-corrected chi connectivity index (χ1v) is 9.46. The quantitative estimate of drug-likeness (QED) is 0.793. The predicted octanol–water partition coefficient (Wildman–Crippen LogP) is 2.34. The van der Waals surface area contributed by atoms with E-state index in [1.807, 2.05) is 36.1 Å². The third-order valence-electron chi connectivity index (χ3n) is 5.43. The first-order chi connectivity index (χ1) is 12.2. The van der Waals surface area contributed by atoms with Crippen molar-refractivity contribution in [3.63, 3.8) is 0 Å². The second-order valence-corrected chi connectivity index (χ2v) is 7.01. The highest BCUT2D eigenvalue weighted by Crippen LogP contribution is 2.23. The standard InChI is InChI=1S/C20H30N2O3/c1-3-25-18-6-4-16(5-7-18)14-20(23)21-11-8-17(9-12-21)22-13-10-19(15-22)24-2/h4-7,17,19H,3,8-15H2,1-2H3. The summed E-state index contributed by atoms with van der Waals surface area (Å²) in [7, 11) is 1.80. The van der Waals surface area contributed by atoms with Crippen molar-refractivity contribution in [1.82, 2.24) is 9.80 Å². The normalized spacial score (nSPS) is 22.3. The summed E-state index contributed by atoms with van der Waals surface area (Å²) in [6.45, 7) is 6.54. The molecule has 5 nitrogen and oxygen atoms in total. The fraction of sp³-hybridized carbons (Fsp3) is 0.650. The van der Waals surface area contributed by atoms with Crippen LogP contribution in [0.15, 0.2) is 24.3 Å². The highest BCUT2D eigenvalue weighted by atomic mass is 16.5. The van der Waals surface area contributed by atoms with E-state index in [0.29, 0.717) is 25.2 Å². The van der Waals surface area contributed by atoms with E-state index < -0.39 is 0 Å². The Hall–Kier alpha value is -1.59. The number of hydrogen-bond acceptors (Lipinski definition) is 4. The number of carbonyl (C=O) groups excluding carboxylic acids is 1. The number of benzene rings is 1. The minimum atomic E-state index is 0.235. The van der Waals surface area contributed by atoms with Crippen molar-refractivity contribution in [3.05, 3.63) is 29.8 Å². The van der Waals surface area contributed by atoms with Crippen molar-refractivity contribution in [2.45, 2.75) is 44.8 Å². The van der Waals surface area contributed by atoms with Crippen molar-refractivity contribution in [2.75, 3.05) is 39.9 Å². The van der Waals surface area contributed by atoms with Gasteiger partial charge in [-0.2, -0.15) is 0 Å². The molecule has 0 N–H and O–H groups in total. The zero-order chi connectivity index (χ0) is 17.6. The highest BCUT2D eigenvalue weighted by Gasteiger charge is 2.31. The van der Waals surface area contributed by atoms with Gasteiger partial charge in [0.25, 0.3) is 0 Å². The van der Waals surface area contributed by atoms with Crippen LogP contribution in [0.2, 0.25) is 0 Å². The molecule has 1 unspecified atom stereocenters. The van der Waals surface area contributed by atoms with Crippen LogP contribution < -0.4 is 4.74 Å². The molecule has 1 amide bonds. The molecule has 0 spiro atoms. The van der Waals surface area contributed by atoms with Crippen molar-refractivity contribution in [1.29, 1.82) is 0 Å². The molecule has 2 fully saturated rings. The summed E-state index contributed by atoms with van der Waals surface area (Å²) in [6.07, 6.45) is 4.15. The van der Waals surface area contributed by atoms with Crippen LogP contribution in [0.4, 0.5) is 0 Å². The Morgan fingerprint density at radius 1 is 1.12 bits per heavy atom. The van der Waals surface area contributed by atoms with Gasteiger partial charge in [0.15, 0.2) is 0 Å². The lowest BCUT2D eigenvalue weighted by molar-refractivity contribution is -0.132. The lowest BCUT2D eigenvalue weighted by atomic mass is 10.0. The van der Waals surface area contributed by atoms with Gasteiger partial charge in [-0.1, -0.05) is 12.1 Å². The fourth-order valence-electron chi connectivity index (χ4n) is 3.92. The van der Waals surface area contributed by atoms with E-state index in [0.717, 1.165) is 56.8 Å². The van der Waals surface area contributed by atoms with Crippen LogP contribution in [0.1, 0.15) is 31.7 Å². The van der Waals surface area contributed by atoms with Crippen LogP contribution in [0.25, 0.3) is 0 Å². The number of likely N-dealkylation sites (tertiary alicyclic amines) is 2. The molecule has 0 aliphatic carbocycles. The molecule has 0 radical (unpaired) electrons. The van der Waals surface area contributed by atoms with Gasteiger partial charge in [-0.25, -0.2) is 0 Å². The highest BCUT2D eigenvalue weighted by molar-refractivity contribution is 5.78. The summed E-state index contributed by atoms with van der Waals surface area (Å²) in [5.74, 6) is 1.10. The lowest BCUT2D eigenvalue weighted by Gasteiger charge is -2.36. The van der Waals surface area contributed by atoms with Gasteiger partial charge in [-0.15, -0.1) is 0 Å². The van der Waals surface area contributed by atoms with Crippen molar-refractivity contribution < 1.29 is 14.3 Å². The first kappa shape index (κ1) is 18.2. The minimum absolute atomic E-state index is 0.235. The molecule has 25 heavy (non-hydrogen) atoms. The molecule has 2 heterocycles. The van der Waals surface area contributed by atoms with Crippen LogP contribution in [0.5, 0.6) is 5.75 Å². The molecule has 1 aromatic carbocycles. The topological polar surface area (TPSA) is 42.0 Å². The predicted molar refractivity (Wildman–Crippen MR) is 97.9 cm³/mol. The average molecular weight is 346 g/mol. The third kappa shape index (κ3) is 4.73. The summed E-state index contributed by atoms with van der Waals surface area (Å²) in [6, 6.07) is 8.47. The zero-order valence-corrected chi connectivity index (χ0v) is 15.4. The molecule has 2 saturated heterocycles. The maximum absolute atomic E-state index is 12.6. The number of rotatable bonds is 6. The summed E-state index contributed by atoms with van der Waals surface area (Å²) in [4.78, 5) is 17.1. The van der Waals surface area contributed by atoms with E-state index in [9.17, 15) is 4.79 Å². The van der Waals surface area contributed by atoms with Crippen LogP contribution in [-0.2, 0) is 16.0 Å². The van der Waals surface area contributed by atoms with Crippen LogP contribution in [0.3, 0.4) is 0 Å². The molecule has 2 aliphatic heterocycles. The number of piperidine rings is 1. The van der Waals surface area contributed by atoms with E-state index in [1.165, 1.54) is 0 Å². The second-order valence-electron chi connectivity index (χ2n) is 7.01. The Kier molecular flexibility index (Phi) is 6.32. The summed E-state index contributed by atoms with van der Waals surface area (Å²) in [5, 5.41) is 0. The largest absolute Gasteiger partial charge is 0.494 e. The van der Waals surface area contributed by atoms with Gasteiger partial charge in [0.1, 0.15) is 5.75 Å². The summed E-state index contributed by atoms with van der Waals surface area (Å²) < 4.78 is 10.9. The van der Waals surface area contributed by atoms with E-state index in [-0.39, 0.29) is 5.91 Å². The van der Waals surface area contributed by atoms with E-state index in [4.69, 9.17) is 9.47 Å². The Bertz CT molecular complexity index is 553. The van der Waals surface area contributed by atoms with E-state index in [1.54, 1.807) is 7.11 Å². The number of amides is 1. The molecule has 0 saturated carbocycles. The number of carbonyl (C=O) groups is 1. The number of ether oxygens (including phenoxy) is 2. The van der Waals surface area contributed by atoms with Gasteiger partial charge in [-0.3, -0.25) is 9.69 Å². The monoisotopic (exact) mass is 346 g/mol. The summed E-state index contributed by atoms with van der Waals surface area (Å²) in [5.41, 5.74) is 1.05. The van der Waals surface area contributed by atoms with Gasteiger partial charge >= 0.3 is 0 Å². The molecule has 1 aromatic rings. The van der Waals surface area contributed by atoms with E-state index >= 15 is 0 Å². The fourth-order valence-corrected chi connectivity index (χ4v) is 3.92. The van der Waals surface area contributed by atoms with Gasteiger partial charge in [0.2, 0.25) is 5.91 Å². The number of nitrogens with zero attached hydrogens (tertiary/aromatic N) is 2. The Morgan fingerprint density at radius 3 is 2.44 bits per heavy atom. The third-order valence-corrected chi connectivity index (χ3v) is 5.43. The van der Waals surface area contributed by atoms with Crippen LogP contribution in [0, 0.1) is 0 Å². The Balaban J connectivity index is 1.45. The van der Waals surface area contributed by atoms with Gasteiger partial charge in [0.05, 0.1) is 19.1 Å². The van der Waals surface area contributed by atoms with Crippen molar-refractivity contribution in [3.8, 4) is 5.75 Å². The number of hydrogen-bond donors (Lipinski definition) is 0. The molecule has 1 atom stereocenters. The SMILES string of the molecule is CCOc1ccc(CC(=O)N2CCC(N3CCC(OC)C3)CC2)cc1. The smallest absolute Gasteiger partial charge is 0.226 e. The van der Waals surface area contributed by atoms with Gasteiger partial charge in [-0.05, 0) is 43.9 Å². The minimum Gasteiger partial charge on any atom is -0.494 e. The molecule has 5 heteroatoms. The van der Waals surface area contributed by atoms with Crippen LogP contribution >= 0.6 is 0 Å². The Morgan fingerprint density at radius 2 is 1.84 bits per heavy atom. The van der Waals surface area contributed by atoms with Gasteiger partial charge in [0, 0.05) is 39.3 Å².